The van der Waals surface area contributed by atoms with Gasteiger partial charge in [-0.15, -0.1) is 11.8 Å². The first-order valence-electron chi connectivity index (χ1n) is 10.2. The molecular formula is C23H26FN3O2S. The Morgan fingerprint density at radius 2 is 1.80 bits per heavy atom. The van der Waals surface area contributed by atoms with Gasteiger partial charge >= 0.3 is 6.03 Å². The van der Waals surface area contributed by atoms with Crippen molar-refractivity contribution in [2.24, 2.45) is 0 Å². The molecule has 2 saturated heterocycles. The summed E-state index contributed by atoms with van der Waals surface area (Å²) in [4.78, 5) is 29.1. The van der Waals surface area contributed by atoms with Crippen molar-refractivity contribution in [2.45, 2.75) is 31.6 Å². The second-order valence-corrected chi connectivity index (χ2v) is 9.42. The number of piperidine rings is 1. The van der Waals surface area contributed by atoms with Crippen LogP contribution in [0.4, 0.5) is 14.9 Å². The third-order valence-corrected chi connectivity index (χ3v) is 7.54. The summed E-state index contributed by atoms with van der Waals surface area (Å²) in [6, 6.07) is 12.0. The quantitative estimate of drug-likeness (QED) is 0.759. The molecule has 0 atom stereocenters. The van der Waals surface area contributed by atoms with Crippen LogP contribution in [-0.2, 0) is 0 Å². The van der Waals surface area contributed by atoms with Gasteiger partial charge < -0.3 is 15.1 Å². The van der Waals surface area contributed by atoms with E-state index >= 15 is 0 Å². The molecule has 2 aliphatic rings. The average Bonchev–Trinajstić information content (AvgIpc) is 3.13. The molecule has 0 aliphatic carbocycles. The molecule has 2 aliphatic heterocycles. The molecule has 1 spiro atoms. The SMILES string of the molecule is Cc1ccc(NC(=O)N2CCC3(CC2)SCCN3C(=O)c2ccccc2F)c(C)c1. The number of thioether (sulfide) groups is 1. The van der Waals surface area contributed by atoms with Crippen molar-refractivity contribution in [3.8, 4) is 0 Å². The Bertz CT molecular complexity index is 973. The number of hydrogen-bond donors (Lipinski definition) is 1. The van der Waals surface area contributed by atoms with Crippen LogP contribution in [0.15, 0.2) is 42.5 Å². The minimum absolute atomic E-state index is 0.119. The van der Waals surface area contributed by atoms with Gasteiger partial charge in [0.2, 0.25) is 0 Å². The van der Waals surface area contributed by atoms with Crippen molar-refractivity contribution in [1.29, 1.82) is 0 Å². The van der Waals surface area contributed by atoms with Crippen LogP contribution < -0.4 is 5.32 Å². The van der Waals surface area contributed by atoms with Gasteiger partial charge in [0, 0.05) is 31.1 Å². The Labute approximate surface area is 180 Å². The third kappa shape index (κ3) is 3.90. The van der Waals surface area contributed by atoms with Crippen molar-refractivity contribution in [3.63, 3.8) is 0 Å². The molecule has 0 saturated carbocycles. The van der Waals surface area contributed by atoms with Crippen molar-refractivity contribution < 1.29 is 14.0 Å². The summed E-state index contributed by atoms with van der Waals surface area (Å²) in [7, 11) is 0. The number of nitrogens with zero attached hydrogens (tertiary/aromatic N) is 2. The van der Waals surface area contributed by atoms with Crippen LogP contribution in [-0.4, -0.2) is 52.0 Å². The number of halogens is 1. The van der Waals surface area contributed by atoms with Gasteiger partial charge in [0.15, 0.2) is 0 Å². The van der Waals surface area contributed by atoms with Crippen LogP contribution in [0.25, 0.3) is 0 Å². The highest BCUT2D eigenvalue weighted by Gasteiger charge is 2.47. The molecule has 2 aromatic rings. The van der Waals surface area contributed by atoms with Gasteiger partial charge in [0.25, 0.3) is 5.91 Å². The van der Waals surface area contributed by atoms with Crippen molar-refractivity contribution >= 4 is 29.4 Å². The third-order valence-electron chi connectivity index (χ3n) is 5.98. The fourth-order valence-corrected chi connectivity index (χ4v) is 5.75. The number of benzene rings is 2. The zero-order valence-electron chi connectivity index (χ0n) is 17.3. The van der Waals surface area contributed by atoms with Crippen molar-refractivity contribution in [1.82, 2.24) is 9.80 Å². The number of amides is 3. The van der Waals surface area contributed by atoms with Crippen LogP contribution in [0.5, 0.6) is 0 Å². The number of carbonyl (C=O) groups is 2. The lowest BCUT2D eigenvalue weighted by molar-refractivity contribution is 0.0581. The molecule has 7 heteroatoms. The fourth-order valence-electron chi connectivity index (χ4n) is 4.30. The minimum atomic E-state index is -0.486. The predicted octanol–water partition coefficient (Wildman–Crippen LogP) is 4.66. The monoisotopic (exact) mass is 427 g/mol. The summed E-state index contributed by atoms with van der Waals surface area (Å²) in [6.45, 7) is 5.73. The molecule has 0 radical (unpaired) electrons. The number of carbonyl (C=O) groups excluding carboxylic acids is 2. The standard InChI is InChI=1S/C23H26FN3O2S/c1-16-7-8-20(17(2)15-16)25-22(29)26-11-9-23(10-12-26)27(13-14-30-23)21(28)18-5-3-4-6-19(18)24/h3-8,15H,9-14H2,1-2H3,(H,25,29). The molecule has 30 heavy (non-hydrogen) atoms. The van der Waals surface area contributed by atoms with E-state index in [-0.39, 0.29) is 22.4 Å². The second kappa shape index (κ2) is 8.30. The lowest BCUT2D eigenvalue weighted by Gasteiger charge is -2.44. The summed E-state index contributed by atoms with van der Waals surface area (Å²) in [5.74, 6) is 0.0840. The van der Waals surface area contributed by atoms with Crippen molar-refractivity contribution in [2.75, 3.05) is 30.7 Å². The summed E-state index contributed by atoms with van der Waals surface area (Å²) in [6.07, 6.45) is 1.36. The maximum Gasteiger partial charge on any atom is 0.321 e. The minimum Gasteiger partial charge on any atom is -0.324 e. The average molecular weight is 428 g/mol. The van der Waals surface area contributed by atoms with E-state index in [2.05, 4.69) is 5.32 Å². The van der Waals surface area contributed by atoms with E-state index < -0.39 is 5.82 Å². The topological polar surface area (TPSA) is 52.7 Å². The van der Waals surface area contributed by atoms with Gasteiger partial charge in [-0.1, -0.05) is 29.8 Å². The van der Waals surface area contributed by atoms with E-state index in [1.54, 1.807) is 34.9 Å². The van der Waals surface area contributed by atoms with Gasteiger partial charge in [0.05, 0.1) is 10.4 Å². The molecular weight excluding hydrogens is 401 g/mol. The number of hydrogen-bond acceptors (Lipinski definition) is 3. The summed E-state index contributed by atoms with van der Waals surface area (Å²) in [5, 5.41) is 3.00. The molecule has 0 unspecified atom stereocenters. The maximum absolute atomic E-state index is 14.2. The van der Waals surface area contributed by atoms with Crippen LogP contribution in [0, 0.1) is 19.7 Å². The van der Waals surface area contributed by atoms with Crippen LogP contribution in [0.1, 0.15) is 34.3 Å². The van der Waals surface area contributed by atoms with Gasteiger partial charge in [-0.2, -0.15) is 0 Å². The Morgan fingerprint density at radius 1 is 1.07 bits per heavy atom. The Balaban J connectivity index is 1.43. The molecule has 0 bridgehead atoms. The number of urea groups is 1. The van der Waals surface area contributed by atoms with Crippen molar-refractivity contribution in [3.05, 3.63) is 65.0 Å². The van der Waals surface area contributed by atoms with Crippen LogP contribution in [0.2, 0.25) is 0 Å². The zero-order valence-corrected chi connectivity index (χ0v) is 18.1. The molecule has 2 fully saturated rings. The molecule has 5 nitrogen and oxygen atoms in total. The first-order valence-corrected chi connectivity index (χ1v) is 11.2. The first kappa shape index (κ1) is 20.7. The normalized spacial score (nSPS) is 18.0. The van der Waals surface area contributed by atoms with Gasteiger partial charge in [-0.05, 0) is 50.5 Å². The van der Waals surface area contributed by atoms with E-state index in [4.69, 9.17) is 0 Å². The van der Waals surface area contributed by atoms with E-state index in [0.29, 0.717) is 32.5 Å². The summed E-state index contributed by atoms with van der Waals surface area (Å²) in [5.41, 5.74) is 3.12. The van der Waals surface area contributed by atoms with E-state index in [9.17, 15) is 14.0 Å². The number of aryl methyl sites for hydroxylation is 2. The molecule has 1 N–H and O–H groups in total. The van der Waals surface area contributed by atoms with Gasteiger partial charge in [-0.25, -0.2) is 9.18 Å². The van der Waals surface area contributed by atoms with E-state index in [1.165, 1.54) is 6.07 Å². The van der Waals surface area contributed by atoms with E-state index in [1.807, 2.05) is 36.9 Å². The van der Waals surface area contributed by atoms with E-state index in [0.717, 1.165) is 22.6 Å². The molecule has 0 aromatic heterocycles. The maximum atomic E-state index is 14.2. The second-order valence-electron chi connectivity index (χ2n) is 7.97. The predicted molar refractivity (Wildman–Crippen MR) is 118 cm³/mol. The molecule has 4 rings (SSSR count). The largest absolute Gasteiger partial charge is 0.324 e. The highest BCUT2D eigenvalue weighted by atomic mass is 32.2. The highest BCUT2D eigenvalue weighted by molar-refractivity contribution is 8.00. The lowest BCUT2D eigenvalue weighted by atomic mass is 10.0. The zero-order chi connectivity index (χ0) is 21.3. The number of likely N-dealkylation sites (tertiary alicyclic amines) is 1. The summed E-state index contributed by atoms with van der Waals surface area (Å²) >= 11 is 1.75. The number of nitrogens with one attached hydrogen (secondary N) is 1. The first-order chi connectivity index (χ1) is 14.4. The number of rotatable bonds is 2. The fraction of sp³-hybridized carbons (Fsp3) is 0.391. The molecule has 2 heterocycles. The molecule has 3 amide bonds. The van der Waals surface area contributed by atoms with Gasteiger partial charge in [0.1, 0.15) is 5.82 Å². The Kier molecular flexibility index (Phi) is 5.73. The Morgan fingerprint density at radius 3 is 2.50 bits per heavy atom. The molecule has 158 valence electrons. The van der Waals surface area contributed by atoms with Gasteiger partial charge in [-0.3, -0.25) is 4.79 Å². The van der Waals surface area contributed by atoms with Crippen LogP contribution >= 0.6 is 11.8 Å². The number of anilines is 1. The summed E-state index contributed by atoms with van der Waals surface area (Å²) < 4.78 is 14.2. The molecule has 2 aromatic carbocycles. The smallest absolute Gasteiger partial charge is 0.321 e. The lowest BCUT2D eigenvalue weighted by Crippen LogP contribution is -2.54. The van der Waals surface area contributed by atoms with Crippen LogP contribution in [0.3, 0.4) is 0 Å². The highest BCUT2D eigenvalue weighted by Crippen LogP contribution is 2.44. The Hall–Kier alpha value is -2.54.